The number of imidazole rings is 1. The summed E-state index contributed by atoms with van der Waals surface area (Å²) in [6, 6.07) is 6.87. The van der Waals surface area contributed by atoms with Gasteiger partial charge in [0.15, 0.2) is 0 Å². The molecule has 118 valence electrons. The first-order valence-corrected chi connectivity index (χ1v) is 7.55. The lowest BCUT2D eigenvalue weighted by Gasteiger charge is -2.05. The van der Waals surface area contributed by atoms with Crippen molar-refractivity contribution in [2.45, 2.75) is 19.4 Å². The van der Waals surface area contributed by atoms with Crippen molar-refractivity contribution in [2.24, 2.45) is 0 Å². The van der Waals surface area contributed by atoms with Crippen LogP contribution < -0.4 is 11.1 Å². The number of H-pyrrole nitrogens is 1. The summed E-state index contributed by atoms with van der Waals surface area (Å²) >= 11 is 5.93. The van der Waals surface area contributed by atoms with Crippen LogP contribution in [-0.2, 0) is 13.0 Å². The number of nitrogens with zero attached hydrogens (tertiary/aromatic N) is 2. The number of hydrogen-bond acceptors (Lipinski definition) is 3. The molecule has 0 saturated heterocycles. The molecule has 0 radical (unpaired) electrons. The molecule has 1 aliphatic heterocycles. The molecule has 0 aliphatic carbocycles. The van der Waals surface area contributed by atoms with Gasteiger partial charge in [-0.25, -0.2) is 4.79 Å². The third kappa shape index (κ3) is 2.12. The van der Waals surface area contributed by atoms with Crippen LogP contribution in [0.3, 0.4) is 0 Å². The van der Waals surface area contributed by atoms with Gasteiger partial charge in [0.1, 0.15) is 5.69 Å². The van der Waals surface area contributed by atoms with Gasteiger partial charge in [0.05, 0.1) is 5.69 Å². The number of halogens is 1. The van der Waals surface area contributed by atoms with E-state index in [2.05, 4.69) is 10.4 Å². The average Bonchev–Trinajstić information content (AvgIpc) is 3.20. The van der Waals surface area contributed by atoms with Crippen LogP contribution in [0.2, 0.25) is 5.02 Å². The number of aromatic hydroxyl groups is 1. The van der Waals surface area contributed by atoms with Gasteiger partial charge in [0.25, 0.3) is 5.91 Å². The van der Waals surface area contributed by atoms with Crippen molar-refractivity contribution < 1.29 is 9.90 Å². The lowest BCUT2D eigenvalue weighted by molar-refractivity contribution is 0.100. The molecule has 0 atom stereocenters. The van der Waals surface area contributed by atoms with Crippen molar-refractivity contribution in [3.05, 3.63) is 51.2 Å². The largest absolute Gasteiger partial charge is 0.492 e. The molecule has 3 heterocycles. The summed E-state index contributed by atoms with van der Waals surface area (Å²) in [5.41, 5.74) is 3.58. The van der Waals surface area contributed by atoms with E-state index >= 15 is 0 Å². The molecule has 0 fully saturated rings. The van der Waals surface area contributed by atoms with E-state index < -0.39 is 11.6 Å². The number of amides is 1. The zero-order valence-corrected chi connectivity index (χ0v) is 12.7. The number of benzene rings is 1. The molecule has 1 amide bonds. The van der Waals surface area contributed by atoms with Gasteiger partial charge in [-0.05, 0) is 37.1 Å². The summed E-state index contributed by atoms with van der Waals surface area (Å²) in [4.78, 5) is 27.5. The molecule has 3 N–H and O–H groups in total. The van der Waals surface area contributed by atoms with E-state index in [0.717, 1.165) is 22.0 Å². The molecule has 2 aromatic heterocycles. The van der Waals surface area contributed by atoms with Gasteiger partial charge in [-0.15, -0.1) is 0 Å². The zero-order chi connectivity index (χ0) is 16.1. The van der Waals surface area contributed by atoms with Gasteiger partial charge in [-0.2, -0.15) is 4.68 Å². The summed E-state index contributed by atoms with van der Waals surface area (Å²) < 4.78 is 2.36. The van der Waals surface area contributed by atoms with Gasteiger partial charge in [-0.3, -0.25) is 14.8 Å². The predicted octanol–water partition coefficient (Wildman–Crippen LogP) is 1.82. The molecular formula is C15H13ClN4O3. The van der Waals surface area contributed by atoms with Crippen LogP contribution in [0.15, 0.2) is 29.1 Å². The van der Waals surface area contributed by atoms with Crippen LogP contribution in [0, 0.1) is 0 Å². The van der Waals surface area contributed by atoms with Gasteiger partial charge < -0.3 is 10.1 Å². The molecule has 1 aromatic carbocycles. The maximum absolute atomic E-state index is 12.3. The molecule has 1 aliphatic rings. The number of aromatic nitrogens is 3. The highest BCUT2D eigenvalue weighted by Crippen LogP contribution is 2.23. The number of aromatic amines is 1. The minimum absolute atomic E-state index is 0.208. The summed E-state index contributed by atoms with van der Waals surface area (Å²) in [6.07, 6.45) is 1.44. The van der Waals surface area contributed by atoms with Crippen molar-refractivity contribution in [2.75, 3.05) is 5.43 Å². The fourth-order valence-corrected chi connectivity index (χ4v) is 3.13. The quantitative estimate of drug-likeness (QED) is 0.668. The van der Waals surface area contributed by atoms with Crippen LogP contribution in [0.1, 0.15) is 22.6 Å². The molecule has 0 unspecified atom stereocenters. The smallest absolute Gasteiger partial charge is 0.350 e. The van der Waals surface area contributed by atoms with Crippen LogP contribution in [0.25, 0.3) is 10.9 Å². The van der Waals surface area contributed by atoms with Gasteiger partial charge in [0, 0.05) is 22.5 Å². The number of carbonyl (C=O) groups excluding carboxylic acids is 1. The predicted molar refractivity (Wildman–Crippen MR) is 85.7 cm³/mol. The first-order valence-electron chi connectivity index (χ1n) is 7.17. The van der Waals surface area contributed by atoms with E-state index in [1.807, 2.05) is 0 Å². The SMILES string of the molecule is O=C(Nn1c(O)c2n(c1=O)CCC2)c1cc2cc(Cl)ccc2[nH]1. The number of hydrogen-bond donors (Lipinski definition) is 3. The normalized spacial score (nSPS) is 13.4. The van der Waals surface area contributed by atoms with Crippen molar-refractivity contribution in [1.29, 1.82) is 0 Å². The average molecular weight is 333 g/mol. The number of rotatable bonds is 2. The third-order valence-corrected chi connectivity index (χ3v) is 4.29. The van der Waals surface area contributed by atoms with Crippen LogP contribution in [0.4, 0.5) is 0 Å². The zero-order valence-electron chi connectivity index (χ0n) is 12.0. The maximum Gasteiger partial charge on any atom is 0.350 e. The molecular weight excluding hydrogens is 320 g/mol. The lowest BCUT2D eigenvalue weighted by atomic mass is 10.2. The Balaban J connectivity index is 1.69. The fraction of sp³-hybridized carbons (Fsp3) is 0.200. The van der Waals surface area contributed by atoms with Gasteiger partial charge in [-0.1, -0.05) is 11.6 Å². The van der Waals surface area contributed by atoms with Crippen LogP contribution in [-0.4, -0.2) is 25.2 Å². The molecule has 8 heteroatoms. The number of carbonyl (C=O) groups is 1. The van der Waals surface area contributed by atoms with Crippen molar-refractivity contribution >= 4 is 28.4 Å². The first-order chi connectivity index (χ1) is 11.0. The standard InChI is InChI=1S/C15H13ClN4O3/c16-9-3-4-10-8(6-9)7-11(17-10)13(21)18-20-14(22)12-2-1-5-19(12)15(20)23/h3-4,6-7,17,22H,1-2,5H2,(H,18,21). The summed E-state index contributed by atoms with van der Waals surface area (Å²) in [5.74, 6) is -0.723. The molecule has 3 aromatic rings. The minimum Gasteiger partial charge on any atom is -0.492 e. The lowest BCUT2D eigenvalue weighted by Crippen LogP contribution is -2.34. The Morgan fingerprint density at radius 3 is 2.96 bits per heavy atom. The summed E-state index contributed by atoms with van der Waals surface area (Å²) in [5, 5.41) is 11.5. The maximum atomic E-state index is 12.3. The van der Waals surface area contributed by atoms with E-state index in [4.69, 9.17) is 11.6 Å². The molecule has 0 bridgehead atoms. The highest BCUT2D eigenvalue weighted by Gasteiger charge is 2.24. The van der Waals surface area contributed by atoms with Gasteiger partial charge in [0.2, 0.25) is 5.88 Å². The van der Waals surface area contributed by atoms with E-state index in [1.54, 1.807) is 24.3 Å². The first kappa shape index (κ1) is 14.0. The highest BCUT2D eigenvalue weighted by atomic mass is 35.5. The van der Waals surface area contributed by atoms with Crippen LogP contribution in [0.5, 0.6) is 5.88 Å². The molecule has 4 rings (SSSR count). The second kappa shape index (κ2) is 4.92. The van der Waals surface area contributed by atoms with Crippen molar-refractivity contribution in [3.8, 4) is 5.88 Å². The Bertz CT molecular complexity index is 998. The Kier molecular flexibility index (Phi) is 2.99. The summed E-state index contributed by atoms with van der Waals surface area (Å²) in [6.45, 7) is 0.551. The Hall–Kier alpha value is -2.67. The second-order valence-corrected chi connectivity index (χ2v) is 5.94. The Morgan fingerprint density at radius 2 is 2.17 bits per heavy atom. The minimum atomic E-state index is -0.515. The fourth-order valence-electron chi connectivity index (χ4n) is 2.95. The van der Waals surface area contributed by atoms with Crippen LogP contribution >= 0.6 is 11.6 Å². The monoisotopic (exact) mass is 332 g/mol. The number of nitrogens with one attached hydrogen (secondary N) is 2. The number of fused-ring (bicyclic) bond motifs is 2. The Labute approximate surface area is 135 Å². The highest BCUT2D eigenvalue weighted by molar-refractivity contribution is 6.31. The second-order valence-electron chi connectivity index (χ2n) is 5.50. The Morgan fingerprint density at radius 1 is 1.35 bits per heavy atom. The van der Waals surface area contributed by atoms with E-state index in [9.17, 15) is 14.7 Å². The molecule has 0 spiro atoms. The van der Waals surface area contributed by atoms with E-state index in [-0.39, 0.29) is 11.6 Å². The molecule has 23 heavy (non-hydrogen) atoms. The van der Waals surface area contributed by atoms with E-state index in [0.29, 0.717) is 23.7 Å². The molecule has 7 nitrogen and oxygen atoms in total. The van der Waals surface area contributed by atoms with Crippen molar-refractivity contribution in [1.82, 2.24) is 14.2 Å². The topological polar surface area (TPSA) is 92.1 Å². The summed E-state index contributed by atoms with van der Waals surface area (Å²) in [7, 11) is 0. The van der Waals surface area contributed by atoms with E-state index in [1.165, 1.54) is 4.57 Å². The van der Waals surface area contributed by atoms with Crippen molar-refractivity contribution in [3.63, 3.8) is 0 Å². The molecule has 0 saturated carbocycles. The van der Waals surface area contributed by atoms with Gasteiger partial charge >= 0.3 is 5.69 Å². The third-order valence-electron chi connectivity index (χ3n) is 4.05.